The van der Waals surface area contributed by atoms with Crippen molar-refractivity contribution in [3.05, 3.63) is 77.6 Å². The van der Waals surface area contributed by atoms with Crippen LogP contribution < -0.4 is 20.7 Å². The zero-order valence-electron chi connectivity index (χ0n) is 24.2. The predicted octanol–water partition coefficient (Wildman–Crippen LogP) is 6.78. The summed E-state index contributed by atoms with van der Waals surface area (Å²) in [6, 6.07) is 18.3. The van der Waals surface area contributed by atoms with Crippen molar-refractivity contribution in [2.75, 3.05) is 33.3 Å². The average molecular weight is 558 g/mol. The summed E-state index contributed by atoms with van der Waals surface area (Å²) in [5.41, 5.74) is 4.79. The van der Waals surface area contributed by atoms with Crippen LogP contribution in [0.25, 0.3) is 33.4 Å². The Bertz CT molecular complexity index is 1470. The van der Waals surface area contributed by atoms with E-state index < -0.39 is 0 Å². The lowest BCUT2D eigenvalue weighted by molar-refractivity contribution is 0.0964. The molecule has 1 amide bonds. The number of carbonyl (C=O) groups is 1. The molecular weight excluding hydrogens is 517 g/mol. The molecule has 1 saturated heterocycles. The Morgan fingerprint density at radius 1 is 1.02 bits per heavy atom. The van der Waals surface area contributed by atoms with Gasteiger partial charge in [0.1, 0.15) is 22.9 Å². The predicted molar refractivity (Wildman–Crippen MR) is 163 cm³/mol. The molecule has 0 saturated carbocycles. The van der Waals surface area contributed by atoms with E-state index in [0.29, 0.717) is 46.3 Å². The monoisotopic (exact) mass is 557 g/mol. The summed E-state index contributed by atoms with van der Waals surface area (Å²) in [5.74, 6) is 1.93. The Balaban J connectivity index is 1.48. The van der Waals surface area contributed by atoms with Gasteiger partial charge in [-0.1, -0.05) is 19.9 Å². The molecule has 1 aliphatic rings. The number of hydrogen-bond acceptors (Lipinski definition) is 5. The number of ether oxygens (including phenoxy) is 1. The molecule has 0 atom stereocenters. The van der Waals surface area contributed by atoms with Crippen molar-refractivity contribution in [1.29, 1.82) is 0 Å². The second-order valence-corrected chi connectivity index (χ2v) is 11.3. The molecule has 1 aromatic heterocycles. The number of amides is 1. The second kappa shape index (κ2) is 13.3. The summed E-state index contributed by atoms with van der Waals surface area (Å²) < 4.78 is 26.1. The molecule has 41 heavy (non-hydrogen) atoms. The van der Waals surface area contributed by atoms with Gasteiger partial charge in [0.25, 0.3) is 5.91 Å². The number of halogens is 1. The fraction of sp³-hybridized carbons (Fsp3) is 0.382. The first kappa shape index (κ1) is 28.8. The van der Waals surface area contributed by atoms with Gasteiger partial charge >= 0.3 is 0 Å². The molecule has 0 radical (unpaired) electrons. The Morgan fingerprint density at radius 3 is 2.51 bits per heavy atom. The van der Waals surface area contributed by atoms with Crippen molar-refractivity contribution in [3.63, 3.8) is 0 Å². The van der Waals surface area contributed by atoms with Crippen molar-refractivity contribution in [2.24, 2.45) is 11.8 Å². The van der Waals surface area contributed by atoms with Crippen LogP contribution in [0, 0.1) is 17.7 Å². The van der Waals surface area contributed by atoms with Gasteiger partial charge < -0.3 is 25.1 Å². The molecular formula is C34H40FN3O3. The SMILES string of the molecule is CNC(=O)c1c(-c2ccc(F)cc2)oc2ccc(-c3cc(CNCC(C)C)cc(OCCC4CCNCC4)c3)cc12. The van der Waals surface area contributed by atoms with Crippen LogP contribution in [-0.4, -0.2) is 39.2 Å². The third-order valence-electron chi connectivity index (χ3n) is 7.68. The van der Waals surface area contributed by atoms with Crippen molar-refractivity contribution < 1.29 is 18.3 Å². The lowest BCUT2D eigenvalue weighted by Crippen LogP contribution is -2.28. The number of furan rings is 1. The van der Waals surface area contributed by atoms with E-state index in [2.05, 4.69) is 48.0 Å². The maximum Gasteiger partial charge on any atom is 0.255 e. The van der Waals surface area contributed by atoms with E-state index >= 15 is 0 Å². The van der Waals surface area contributed by atoms with E-state index in [4.69, 9.17) is 9.15 Å². The maximum absolute atomic E-state index is 13.6. The van der Waals surface area contributed by atoms with Crippen LogP contribution in [0.15, 0.2) is 65.1 Å². The molecule has 3 N–H and O–H groups in total. The first-order chi connectivity index (χ1) is 19.9. The largest absolute Gasteiger partial charge is 0.494 e. The van der Waals surface area contributed by atoms with E-state index in [1.165, 1.54) is 25.0 Å². The molecule has 3 aromatic carbocycles. The molecule has 7 heteroatoms. The normalized spacial score (nSPS) is 14.1. The third-order valence-corrected chi connectivity index (χ3v) is 7.68. The molecule has 5 rings (SSSR count). The Hall–Kier alpha value is -3.68. The number of rotatable bonds is 11. The minimum atomic E-state index is -0.342. The molecule has 1 fully saturated rings. The quantitative estimate of drug-likeness (QED) is 0.190. The van der Waals surface area contributed by atoms with Crippen LogP contribution in [0.5, 0.6) is 5.75 Å². The van der Waals surface area contributed by atoms with Crippen molar-refractivity contribution in [1.82, 2.24) is 16.0 Å². The number of hydrogen-bond donors (Lipinski definition) is 3. The highest BCUT2D eigenvalue weighted by Gasteiger charge is 2.22. The number of carbonyl (C=O) groups excluding carboxylic acids is 1. The van der Waals surface area contributed by atoms with E-state index in [-0.39, 0.29) is 11.7 Å². The standard InChI is InChI=1S/C34H40FN3O3/c1-22(2)20-38-21-24-16-27(18-29(17-24)40-15-12-23-10-13-37-14-11-23)26-6-9-31-30(19-26)32(34(39)36-3)33(41-31)25-4-7-28(35)8-5-25/h4-9,16-19,22-23,37-38H,10-15,20-21H2,1-3H3,(H,36,39). The summed E-state index contributed by atoms with van der Waals surface area (Å²) >= 11 is 0. The fourth-order valence-electron chi connectivity index (χ4n) is 5.46. The van der Waals surface area contributed by atoms with Crippen LogP contribution >= 0.6 is 0 Å². The van der Waals surface area contributed by atoms with Gasteiger partial charge in [-0.15, -0.1) is 0 Å². The van der Waals surface area contributed by atoms with Crippen LogP contribution in [0.2, 0.25) is 0 Å². The molecule has 0 spiro atoms. The highest BCUT2D eigenvalue weighted by atomic mass is 19.1. The highest BCUT2D eigenvalue weighted by molar-refractivity contribution is 6.11. The van der Waals surface area contributed by atoms with E-state index in [9.17, 15) is 9.18 Å². The lowest BCUT2D eigenvalue weighted by atomic mass is 9.95. The zero-order chi connectivity index (χ0) is 28.8. The maximum atomic E-state index is 13.6. The molecule has 1 aliphatic heterocycles. The topological polar surface area (TPSA) is 75.5 Å². The highest BCUT2D eigenvalue weighted by Crippen LogP contribution is 2.37. The molecule has 4 aromatic rings. The van der Waals surface area contributed by atoms with Crippen LogP contribution in [-0.2, 0) is 6.54 Å². The molecule has 2 heterocycles. The van der Waals surface area contributed by atoms with Crippen LogP contribution in [0.1, 0.15) is 49.0 Å². The van der Waals surface area contributed by atoms with E-state index in [1.54, 1.807) is 19.2 Å². The van der Waals surface area contributed by atoms with Gasteiger partial charge in [-0.2, -0.15) is 0 Å². The molecule has 216 valence electrons. The lowest BCUT2D eigenvalue weighted by Gasteiger charge is -2.22. The number of fused-ring (bicyclic) bond motifs is 1. The van der Waals surface area contributed by atoms with Gasteiger partial charge in [-0.25, -0.2) is 4.39 Å². The van der Waals surface area contributed by atoms with Gasteiger partial charge in [0.05, 0.1) is 12.2 Å². The first-order valence-corrected chi connectivity index (χ1v) is 14.6. The van der Waals surface area contributed by atoms with Crippen LogP contribution in [0.4, 0.5) is 4.39 Å². The van der Waals surface area contributed by atoms with E-state index in [1.807, 2.05) is 18.2 Å². The van der Waals surface area contributed by atoms with E-state index in [0.717, 1.165) is 55.0 Å². The number of benzene rings is 3. The minimum absolute atomic E-state index is 0.256. The van der Waals surface area contributed by atoms with Gasteiger partial charge in [-0.3, -0.25) is 4.79 Å². The average Bonchev–Trinajstić information content (AvgIpc) is 3.36. The van der Waals surface area contributed by atoms with Gasteiger partial charge in [-0.05, 0) is 122 Å². The van der Waals surface area contributed by atoms with Gasteiger partial charge in [0, 0.05) is 24.5 Å². The minimum Gasteiger partial charge on any atom is -0.494 e. The van der Waals surface area contributed by atoms with Gasteiger partial charge in [0.15, 0.2) is 0 Å². The Kier molecular flexibility index (Phi) is 9.37. The molecule has 0 aliphatic carbocycles. The Labute approximate surface area is 241 Å². The summed E-state index contributed by atoms with van der Waals surface area (Å²) in [7, 11) is 1.60. The number of piperidine rings is 1. The third kappa shape index (κ3) is 7.16. The van der Waals surface area contributed by atoms with Crippen molar-refractivity contribution in [3.8, 4) is 28.2 Å². The smallest absolute Gasteiger partial charge is 0.255 e. The van der Waals surface area contributed by atoms with Crippen LogP contribution in [0.3, 0.4) is 0 Å². The summed E-state index contributed by atoms with van der Waals surface area (Å²) in [4.78, 5) is 13.1. The first-order valence-electron chi connectivity index (χ1n) is 14.6. The zero-order valence-corrected chi connectivity index (χ0v) is 24.2. The van der Waals surface area contributed by atoms with Gasteiger partial charge in [0.2, 0.25) is 0 Å². The molecule has 0 unspecified atom stereocenters. The Morgan fingerprint density at radius 2 is 1.78 bits per heavy atom. The summed E-state index contributed by atoms with van der Waals surface area (Å²) in [5, 5.41) is 10.4. The second-order valence-electron chi connectivity index (χ2n) is 11.3. The number of nitrogens with one attached hydrogen (secondary N) is 3. The summed E-state index contributed by atoms with van der Waals surface area (Å²) in [6.45, 7) is 8.93. The molecule has 6 nitrogen and oxygen atoms in total. The van der Waals surface area contributed by atoms with Crippen molar-refractivity contribution in [2.45, 2.75) is 39.7 Å². The summed E-state index contributed by atoms with van der Waals surface area (Å²) in [6.07, 6.45) is 3.45. The fourth-order valence-corrected chi connectivity index (χ4v) is 5.46. The molecule has 0 bridgehead atoms. The van der Waals surface area contributed by atoms with Crippen molar-refractivity contribution >= 4 is 16.9 Å².